The van der Waals surface area contributed by atoms with Crippen molar-refractivity contribution >= 4 is 5.57 Å². The third-order valence-electron chi connectivity index (χ3n) is 8.59. The van der Waals surface area contributed by atoms with E-state index in [0.29, 0.717) is 36.9 Å². The lowest BCUT2D eigenvalue weighted by molar-refractivity contribution is -0.165. The lowest BCUT2D eigenvalue weighted by Crippen LogP contribution is -2.37. The van der Waals surface area contributed by atoms with Crippen LogP contribution in [-0.2, 0) is 15.1 Å². The number of unbranched alkanes of at least 4 members (excludes halogenated alkanes) is 9. The maximum atomic E-state index is 16.9. The monoisotopic (exact) mass is 640 g/mol. The van der Waals surface area contributed by atoms with Crippen LogP contribution in [0, 0.1) is 0 Å². The average Bonchev–Trinajstić information content (AvgIpc) is 3.08. The van der Waals surface area contributed by atoms with Crippen LogP contribution in [0.3, 0.4) is 0 Å². The normalized spacial score (nSPS) is 19.1. The van der Waals surface area contributed by atoms with E-state index >= 15 is 8.78 Å². The van der Waals surface area contributed by atoms with E-state index in [-0.39, 0.29) is 17.2 Å². The van der Waals surface area contributed by atoms with Crippen molar-refractivity contribution < 1.29 is 27.7 Å². The molecule has 4 atom stereocenters. The summed E-state index contributed by atoms with van der Waals surface area (Å²) < 4.78 is 56.9. The van der Waals surface area contributed by atoms with Crippen molar-refractivity contribution in [3.05, 3.63) is 77.9 Å². The number of allylic oxidation sites excluding steroid dienone is 4. The molecule has 1 aliphatic rings. The van der Waals surface area contributed by atoms with Crippen molar-refractivity contribution in [3.63, 3.8) is 0 Å². The van der Waals surface area contributed by atoms with Gasteiger partial charge in [-0.15, -0.1) is 0 Å². The molecule has 46 heavy (non-hydrogen) atoms. The number of hydrogen-bond acceptors (Lipinski definition) is 4. The van der Waals surface area contributed by atoms with Crippen molar-refractivity contribution in [2.75, 3.05) is 19.8 Å². The van der Waals surface area contributed by atoms with E-state index in [9.17, 15) is 0 Å². The van der Waals surface area contributed by atoms with Gasteiger partial charge in [0.05, 0.1) is 13.2 Å². The smallest absolute Gasteiger partial charge is 0.226 e. The first-order chi connectivity index (χ1) is 22.5. The van der Waals surface area contributed by atoms with Gasteiger partial charge in [-0.1, -0.05) is 122 Å². The first-order valence-electron chi connectivity index (χ1n) is 17.9. The predicted molar refractivity (Wildman–Crippen MR) is 186 cm³/mol. The number of halogens is 2. The van der Waals surface area contributed by atoms with Crippen molar-refractivity contribution in [1.29, 1.82) is 0 Å². The molecule has 0 spiro atoms. The van der Waals surface area contributed by atoms with Gasteiger partial charge in [0.1, 0.15) is 17.6 Å². The van der Waals surface area contributed by atoms with Crippen LogP contribution in [0.25, 0.3) is 5.57 Å². The Morgan fingerprint density at radius 2 is 1.24 bits per heavy atom. The molecular formula is C40H58F2O4. The van der Waals surface area contributed by atoms with Gasteiger partial charge in [0.2, 0.25) is 6.29 Å². The first-order valence-corrected chi connectivity index (χ1v) is 17.9. The van der Waals surface area contributed by atoms with Crippen molar-refractivity contribution in [1.82, 2.24) is 0 Å². The highest BCUT2D eigenvalue weighted by Gasteiger charge is 2.45. The molecule has 0 amide bonds. The molecule has 3 unspecified atom stereocenters. The van der Waals surface area contributed by atoms with Crippen LogP contribution in [0.5, 0.6) is 11.5 Å². The Hall–Kier alpha value is -2.70. The van der Waals surface area contributed by atoms with Gasteiger partial charge in [-0.05, 0) is 67.2 Å². The molecule has 4 nitrogen and oxygen atoms in total. The SMILES string of the molecule is CCCCCCCCOc1ccc(C2(F)C(c3ccc(OC(OCCCCC)[C@H](CC)OCCCCC)cc3)=CC=CC2F)cc1. The maximum absolute atomic E-state index is 16.9. The molecule has 0 aromatic heterocycles. The standard InChI is InChI=1S/C40H58F2O4/c1-5-9-12-13-14-17-29-43-34-27-23-33(24-28-34)40(42)36(19-18-20-38(40)41)32-21-25-35(26-22-32)46-39(45-31-16-11-7-3)37(8-4)44-30-15-10-6-2/h18-28,37-39H,5-17,29-31H2,1-4H3/t37-,38?,39?,40?/m0/s1. The summed E-state index contributed by atoms with van der Waals surface area (Å²) in [6, 6.07) is 13.9. The molecule has 0 saturated carbocycles. The zero-order valence-electron chi connectivity index (χ0n) is 28.8. The van der Waals surface area contributed by atoms with Gasteiger partial charge in [-0.25, -0.2) is 8.78 Å². The lowest BCUT2D eigenvalue weighted by Gasteiger charge is -2.33. The van der Waals surface area contributed by atoms with Crippen LogP contribution >= 0.6 is 0 Å². The summed E-state index contributed by atoms with van der Waals surface area (Å²) >= 11 is 0. The summed E-state index contributed by atoms with van der Waals surface area (Å²) in [6.07, 6.45) is 16.2. The highest BCUT2D eigenvalue weighted by atomic mass is 19.2. The fourth-order valence-corrected chi connectivity index (χ4v) is 5.73. The second kappa shape index (κ2) is 21.2. The second-order valence-electron chi connectivity index (χ2n) is 12.3. The molecule has 0 fully saturated rings. The molecule has 0 radical (unpaired) electrons. The fourth-order valence-electron chi connectivity index (χ4n) is 5.73. The minimum absolute atomic E-state index is 0.201. The lowest BCUT2D eigenvalue weighted by atomic mass is 9.78. The molecule has 256 valence electrons. The van der Waals surface area contributed by atoms with Gasteiger partial charge >= 0.3 is 0 Å². The Bertz CT molecular complexity index is 1150. The topological polar surface area (TPSA) is 36.9 Å². The molecule has 0 bridgehead atoms. The summed E-state index contributed by atoms with van der Waals surface area (Å²) in [5, 5.41) is 0. The largest absolute Gasteiger partial charge is 0.494 e. The van der Waals surface area contributed by atoms with Gasteiger partial charge in [0.25, 0.3) is 0 Å². The number of benzene rings is 2. The Morgan fingerprint density at radius 3 is 1.89 bits per heavy atom. The highest BCUT2D eigenvalue weighted by molar-refractivity contribution is 5.78. The average molecular weight is 641 g/mol. The molecule has 2 aromatic rings. The molecule has 3 rings (SSSR count). The van der Waals surface area contributed by atoms with Crippen molar-refractivity contribution in [2.45, 2.75) is 135 Å². The van der Waals surface area contributed by atoms with Gasteiger partial charge < -0.3 is 18.9 Å². The number of ether oxygens (including phenoxy) is 4. The van der Waals surface area contributed by atoms with Crippen LogP contribution in [0.2, 0.25) is 0 Å². The van der Waals surface area contributed by atoms with E-state index in [1.165, 1.54) is 31.8 Å². The van der Waals surface area contributed by atoms with E-state index in [2.05, 4.69) is 27.7 Å². The zero-order chi connectivity index (χ0) is 33.0. The molecule has 0 saturated heterocycles. The van der Waals surface area contributed by atoms with Crippen LogP contribution in [0.4, 0.5) is 8.78 Å². The van der Waals surface area contributed by atoms with Crippen LogP contribution < -0.4 is 9.47 Å². The van der Waals surface area contributed by atoms with Crippen molar-refractivity contribution in [2.24, 2.45) is 0 Å². The quantitative estimate of drug-likeness (QED) is 0.0845. The third kappa shape index (κ3) is 11.5. The molecule has 0 N–H and O–H groups in total. The van der Waals surface area contributed by atoms with Crippen LogP contribution in [-0.4, -0.2) is 38.4 Å². The van der Waals surface area contributed by atoms with Gasteiger partial charge in [0.15, 0.2) is 11.8 Å². The number of rotatable bonds is 24. The molecule has 2 aromatic carbocycles. The number of alkyl halides is 2. The van der Waals surface area contributed by atoms with E-state index in [1.54, 1.807) is 60.7 Å². The third-order valence-corrected chi connectivity index (χ3v) is 8.59. The zero-order valence-corrected chi connectivity index (χ0v) is 28.8. The van der Waals surface area contributed by atoms with Crippen LogP contribution in [0.1, 0.15) is 122 Å². The highest BCUT2D eigenvalue weighted by Crippen LogP contribution is 2.47. The van der Waals surface area contributed by atoms with Gasteiger partial charge in [-0.2, -0.15) is 0 Å². The minimum Gasteiger partial charge on any atom is -0.494 e. The second-order valence-corrected chi connectivity index (χ2v) is 12.3. The Balaban J connectivity index is 1.69. The van der Waals surface area contributed by atoms with Crippen molar-refractivity contribution in [3.8, 4) is 11.5 Å². The fraction of sp³-hybridized carbons (Fsp3) is 0.600. The summed E-state index contributed by atoms with van der Waals surface area (Å²) in [7, 11) is 0. The number of hydrogen-bond donors (Lipinski definition) is 0. The van der Waals surface area contributed by atoms with E-state index < -0.39 is 18.1 Å². The Morgan fingerprint density at radius 1 is 0.674 bits per heavy atom. The Kier molecular flexibility index (Phi) is 17.4. The minimum atomic E-state index is -2.33. The first kappa shape index (κ1) is 37.8. The van der Waals surface area contributed by atoms with Gasteiger partial charge in [0, 0.05) is 12.2 Å². The molecular weight excluding hydrogens is 582 g/mol. The summed E-state index contributed by atoms with van der Waals surface area (Å²) in [5.41, 5.74) is -1.21. The van der Waals surface area contributed by atoms with Crippen LogP contribution in [0.15, 0.2) is 66.8 Å². The predicted octanol–water partition coefficient (Wildman–Crippen LogP) is 11.5. The summed E-state index contributed by atoms with van der Waals surface area (Å²) in [6.45, 7) is 10.5. The molecule has 6 heteroatoms. The summed E-state index contributed by atoms with van der Waals surface area (Å²) in [5.74, 6) is 1.26. The van der Waals surface area contributed by atoms with E-state index in [1.807, 2.05) is 0 Å². The summed E-state index contributed by atoms with van der Waals surface area (Å²) in [4.78, 5) is 0. The molecule has 1 aliphatic carbocycles. The Labute approximate surface area is 277 Å². The molecule has 0 aliphatic heterocycles. The van der Waals surface area contributed by atoms with E-state index in [0.717, 1.165) is 57.8 Å². The van der Waals surface area contributed by atoms with Gasteiger partial charge in [-0.3, -0.25) is 0 Å². The maximum Gasteiger partial charge on any atom is 0.226 e. The van der Waals surface area contributed by atoms with E-state index in [4.69, 9.17) is 18.9 Å². The molecule has 0 heterocycles.